The van der Waals surface area contributed by atoms with Crippen LogP contribution in [0.3, 0.4) is 0 Å². The van der Waals surface area contributed by atoms with E-state index < -0.39 is 0 Å². The van der Waals surface area contributed by atoms with Crippen molar-refractivity contribution in [3.63, 3.8) is 0 Å². The van der Waals surface area contributed by atoms with Crippen LogP contribution >= 0.6 is 22.9 Å². The summed E-state index contributed by atoms with van der Waals surface area (Å²) in [5, 5.41) is 5.09. The van der Waals surface area contributed by atoms with Crippen molar-refractivity contribution in [1.82, 2.24) is 9.88 Å². The van der Waals surface area contributed by atoms with Crippen LogP contribution in [0, 0.1) is 6.92 Å². The van der Waals surface area contributed by atoms with Gasteiger partial charge in [-0.25, -0.2) is 0 Å². The molecule has 21 heavy (non-hydrogen) atoms. The quantitative estimate of drug-likeness (QED) is 0.827. The molecule has 0 aliphatic carbocycles. The second-order valence-electron chi connectivity index (χ2n) is 4.38. The third-order valence-electron chi connectivity index (χ3n) is 2.78. The summed E-state index contributed by atoms with van der Waals surface area (Å²) < 4.78 is 6.90. The Kier molecular flexibility index (Phi) is 5.41. The number of hydrogen-bond acceptors (Lipinski definition) is 4. The van der Waals surface area contributed by atoms with Crippen LogP contribution in [0.15, 0.2) is 34.4 Å². The molecule has 0 aliphatic heterocycles. The summed E-state index contributed by atoms with van der Waals surface area (Å²) in [7, 11) is 0. The number of thiazole rings is 1. The molecule has 0 aliphatic rings. The summed E-state index contributed by atoms with van der Waals surface area (Å²) in [4.78, 5) is 23.1. The standard InChI is InChI=1S/C14H15ClN2O3S/c1-10-9-21-14(19)17(10)8-13(18)16-6-7-20-12-4-2-11(15)3-5-12/h2-5,9H,6-8H2,1H3,(H,16,18). The first kappa shape index (κ1) is 15.6. The van der Waals surface area contributed by atoms with Gasteiger partial charge in [0.2, 0.25) is 5.91 Å². The normalized spacial score (nSPS) is 10.4. The molecule has 0 fully saturated rings. The fraction of sp³-hybridized carbons (Fsp3) is 0.286. The van der Waals surface area contributed by atoms with E-state index in [1.54, 1.807) is 36.6 Å². The van der Waals surface area contributed by atoms with Crippen LogP contribution in [0.2, 0.25) is 5.02 Å². The van der Waals surface area contributed by atoms with Gasteiger partial charge in [-0.2, -0.15) is 0 Å². The number of carbonyl (C=O) groups is 1. The van der Waals surface area contributed by atoms with Crippen molar-refractivity contribution >= 4 is 28.8 Å². The zero-order chi connectivity index (χ0) is 15.2. The van der Waals surface area contributed by atoms with Gasteiger partial charge in [-0.15, -0.1) is 0 Å². The first-order chi connectivity index (χ1) is 10.1. The molecule has 1 aromatic heterocycles. The lowest BCUT2D eigenvalue weighted by atomic mass is 10.3. The predicted molar refractivity (Wildman–Crippen MR) is 83.3 cm³/mol. The van der Waals surface area contributed by atoms with Crippen LogP contribution in [0.4, 0.5) is 0 Å². The van der Waals surface area contributed by atoms with Crippen LogP contribution in [0.5, 0.6) is 5.75 Å². The molecule has 0 saturated carbocycles. The Morgan fingerprint density at radius 1 is 1.38 bits per heavy atom. The van der Waals surface area contributed by atoms with Gasteiger partial charge in [-0.3, -0.25) is 14.2 Å². The minimum absolute atomic E-state index is 0.0368. The molecule has 1 N–H and O–H groups in total. The highest BCUT2D eigenvalue weighted by atomic mass is 35.5. The number of benzene rings is 1. The minimum atomic E-state index is -0.210. The van der Waals surface area contributed by atoms with E-state index in [2.05, 4.69) is 5.32 Å². The number of rotatable bonds is 6. The maximum Gasteiger partial charge on any atom is 0.307 e. The van der Waals surface area contributed by atoms with Crippen LogP contribution in [0.1, 0.15) is 5.69 Å². The lowest BCUT2D eigenvalue weighted by molar-refractivity contribution is -0.121. The van der Waals surface area contributed by atoms with Gasteiger partial charge in [0.05, 0.1) is 6.54 Å². The second kappa shape index (κ2) is 7.28. The molecule has 0 saturated heterocycles. The summed E-state index contributed by atoms with van der Waals surface area (Å²) >= 11 is 6.86. The molecule has 2 rings (SSSR count). The average molecular weight is 327 g/mol. The van der Waals surface area contributed by atoms with Gasteiger partial charge in [-0.05, 0) is 31.2 Å². The molecule has 1 amide bonds. The molecule has 0 spiro atoms. The Labute approximate surface area is 131 Å². The first-order valence-corrected chi connectivity index (χ1v) is 7.62. The molecular weight excluding hydrogens is 312 g/mol. The van der Waals surface area contributed by atoms with Crippen molar-refractivity contribution in [2.24, 2.45) is 0 Å². The zero-order valence-corrected chi connectivity index (χ0v) is 13.0. The maximum absolute atomic E-state index is 11.7. The number of nitrogens with zero attached hydrogens (tertiary/aromatic N) is 1. The molecule has 1 heterocycles. The maximum atomic E-state index is 11.7. The molecule has 7 heteroatoms. The lowest BCUT2D eigenvalue weighted by Gasteiger charge is -2.08. The molecular formula is C14H15ClN2O3S. The Balaban J connectivity index is 1.72. The van der Waals surface area contributed by atoms with Crippen molar-refractivity contribution in [2.45, 2.75) is 13.5 Å². The molecule has 112 valence electrons. The number of aromatic nitrogens is 1. The van der Waals surface area contributed by atoms with Crippen molar-refractivity contribution < 1.29 is 9.53 Å². The molecule has 0 bridgehead atoms. The van der Waals surface area contributed by atoms with Crippen LogP contribution in [0.25, 0.3) is 0 Å². The highest BCUT2D eigenvalue weighted by Crippen LogP contribution is 2.15. The topological polar surface area (TPSA) is 60.3 Å². The molecule has 2 aromatic rings. The van der Waals surface area contributed by atoms with Crippen molar-refractivity contribution in [3.8, 4) is 5.75 Å². The van der Waals surface area contributed by atoms with Gasteiger partial charge >= 0.3 is 4.87 Å². The summed E-state index contributed by atoms with van der Waals surface area (Å²) in [6.45, 7) is 2.56. The average Bonchev–Trinajstić information content (AvgIpc) is 2.77. The van der Waals surface area contributed by atoms with Gasteiger partial charge in [0, 0.05) is 16.1 Å². The van der Waals surface area contributed by atoms with E-state index in [-0.39, 0.29) is 17.3 Å². The predicted octanol–water partition coefficient (Wildman–Crippen LogP) is 2.07. The van der Waals surface area contributed by atoms with Crippen molar-refractivity contribution in [1.29, 1.82) is 0 Å². The largest absolute Gasteiger partial charge is 0.492 e. The number of amides is 1. The monoisotopic (exact) mass is 326 g/mol. The number of hydrogen-bond donors (Lipinski definition) is 1. The fourth-order valence-electron chi connectivity index (χ4n) is 1.69. The van der Waals surface area contributed by atoms with Gasteiger partial charge in [-0.1, -0.05) is 22.9 Å². The third-order valence-corrected chi connectivity index (χ3v) is 3.92. The summed E-state index contributed by atoms with van der Waals surface area (Å²) in [5.74, 6) is 0.483. The van der Waals surface area contributed by atoms with E-state index in [4.69, 9.17) is 16.3 Å². The van der Waals surface area contributed by atoms with Gasteiger partial charge < -0.3 is 10.1 Å². The third kappa shape index (κ3) is 4.61. The summed E-state index contributed by atoms with van der Waals surface area (Å²) in [5.41, 5.74) is 0.789. The Morgan fingerprint density at radius 3 is 2.71 bits per heavy atom. The Morgan fingerprint density at radius 2 is 2.10 bits per heavy atom. The highest BCUT2D eigenvalue weighted by molar-refractivity contribution is 7.07. The van der Waals surface area contributed by atoms with Crippen LogP contribution in [-0.2, 0) is 11.3 Å². The van der Waals surface area contributed by atoms with Crippen molar-refractivity contribution in [3.05, 3.63) is 50.0 Å². The van der Waals surface area contributed by atoms with Crippen molar-refractivity contribution in [2.75, 3.05) is 13.2 Å². The molecule has 0 atom stereocenters. The van der Waals surface area contributed by atoms with E-state index in [0.717, 1.165) is 17.0 Å². The first-order valence-electron chi connectivity index (χ1n) is 6.36. The number of halogens is 1. The second-order valence-corrected chi connectivity index (χ2v) is 5.64. The minimum Gasteiger partial charge on any atom is -0.492 e. The SMILES string of the molecule is Cc1csc(=O)n1CC(=O)NCCOc1ccc(Cl)cc1. The van der Waals surface area contributed by atoms with Crippen LogP contribution < -0.4 is 14.9 Å². The van der Waals surface area contributed by atoms with E-state index in [1.165, 1.54) is 4.57 Å². The smallest absolute Gasteiger partial charge is 0.307 e. The molecule has 5 nitrogen and oxygen atoms in total. The zero-order valence-electron chi connectivity index (χ0n) is 11.5. The Hall–Kier alpha value is -1.79. The highest BCUT2D eigenvalue weighted by Gasteiger charge is 2.07. The molecule has 0 unspecified atom stereocenters. The van der Waals surface area contributed by atoms with Gasteiger partial charge in [0.25, 0.3) is 0 Å². The number of nitrogens with one attached hydrogen (secondary N) is 1. The number of ether oxygens (including phenoxy) is 1. The summed E-state index contributed by atoms with van der Waals surface area (Å²) in [6, 6.07) is 7.00. The fourth-order valence-corrected chi connectivity index (χ4v) is 2.55. The van der Waals surface area contributed by atoms with E-state index >= 15 is 0 Å². The lowest BCUT2D eigenvalue weighted by Crippen LogP contribution is -2.33. The number of aryl methyl sites for hydroxylation is 1. The van der Waals surface area contributed by atoms with E-state index in [0.29, 0.717) is 23.9 Å². The van der Waals surface area contributed by atoms with E-state index in [9.17, 15) is 9.59 Å². The van der Waals surface area contributed by atoms with E-state index in [1.807, 2.05) is 0 Å². The van der Waals surface area contributed by atoms with Gasteiger partial charge in [0.1, 0.15) is 18.9 Å². The molecule has 1 aromatic carbocycles. The molecule has 0 radical (unpaired) electrons. The number of carbonyl (C=O) groups excluding carboxylic acids is 1. The van der Waals surface area contributed by atoms with Gasteiger partial charge in [0.15, 0.2) is 0 Å². The van der Waals surface area contributed by atoms with Crippen LogP contribution in [-0.4, -0.2) is 23.6 Å². The Bertz CT molecular complexity index is 664. The summed E-state index contributed by atoms with van der Waals surface area (Å²) in [6.07, 6.45) is 0.